The van der Waals surface area contributed by atoms with Gasteiger partial charge in [0.2, 0.25) is 11.9 Å². The molecule has 154 valence electrons. The molecule has 0 unspecified atom stereocenters. The van der Waals surface area contributed by atoms with Gasteiger partial charge in [-0.2, -0.15) is 4.98 Å². The zero-order chi connectivity index (χ0) is 20.9. The molecule has 1 fully saturated rings. The summed E-state index contributed by atoms with van der Waals surface area (Å²) in [6.45, 7) is 6.04. The highest BCUT2D eigenvalue weighted by atomic mass is 16.1. The lowest BCUT2D eigenvalue weighted by atomic mass is 10.1. The highest BCUT2D eigenvalue weighted by Crippen LogP contribution is 2.22. The van der Waals surface area contributed by atoms with Crippen LogP contribution in [0.1, 0.15) is 29.7 Å². The molecule has 1 aromatic heterocycles. The number of aromatic nitrogens is 2. The number of benzene rings is 2. The topological polar surface area (TPSA) is 70.2 Å². The highest BCUT2D eigenvalue weighted by molar-refractivity contribution is 5.92. The molecule has 4 rings (SSSR count). The molecule has 0 atom stereocenters. The molecule has 2 aromatic carbocycles. The SMILES string of the molecule is Cc1cccc(CC(=O)Nc2ccc(Nc3cc(C)nc(N4CCCC4)n3)cc2)c1. The van der Waals surface area contributed by atoms with Gasteiger partial charge in [-0.15, -0.1) is 0 Å². The minimum Gasteiger partial charge on any atom is -0.341 e. The number of hydrogen-bond acceptors (Lipinski definition) is 5. The van der Waals surface area contributed by atoms with Crippen LogP contribution in [0.2, 0.25) is 0 Å². The number of nitrogens with one attached hydrogen (secondary N) is 2. The maximum Gasteiger partial charge on any atom is 0.228 e. The molecule has 1 amide bonds. The molecule has 2 heterocycles. The Kier molecular flexibility index (Phi) is 5.93. The predicted octanol–water partition coefficient (Wildman–Crippen LogP) is 4.62. The predicted molar refractivity (Wildman–Crippen MR) is 121 cm³/mol. The van der Waals surface area contributed by atoms with Gasteiger partial charge in [-0.1, -0.05) is 29.8 Å². The smallest absolute Gasteiger partial charge is 0.228 e. The summed E-state index contributed by atoms with van der Waals surface area (Å²) in [6.07, 6.45) is 2.75. The van der Waals surface area contributed by atoms with E-state index in [1.54, 1.807) is 0 Å². The van der Waals surface area contributed by atoms with Crippen LogP contribution in [0.5, 0.6) is 0 Å². The minimum atomic E-state index is -0.0250. The van der Waals surface area contributed by atoms with Crippen LogP contribution in [0, 0.1) is 13.8 Å². The van der Waals surface area contributed by atoms with E-state index in [9.17, 15) is 4.79 Å². The van der Waals surface area contributed by atoms with E-state index in [1.165, 1.54) is 12.8 Å². The van der Waals surface area contributed by atoms with Crippen LogP contribution in [-0.4, -0.2) is 29.0 Å². The van der Waals surface area contributed by atoms with Crippen LogP contribution < -0.4 is 15.5 Å². The summed E-state index contributed by atoms with van der Waals surface area (Å²) >= 11 is 0. The van der Waals surface area contributed by atoms with Crippen molar-refractivity contribution in [3.63, 3.8) is 0 Å². The second-order valence-corrected chi connectivity index (χ2v) is 7.81. The molecular weight excluding hydrogens is 374 g/mol. The number of carbonyl (C=O) groups excluding carboxylic acids is 1. The van der Waals surface area contributed by atoms with Crippen molar-refractivity contribution in [2.75, 3.05) is 28.6 Å². The molecule has 1 aliphatic rings. The van der Waals surface area contributed by atoms with Crippen molar-refractivity contribution < 1.29 is 4.79 Å². The van der Waals surface area contributed by atoms with Crippen LogP contribution in [0.15, 0.2) is 54.6 Å². The fourth-order valence-electron chi connectivity index (χ4n) is 3.67. The summed E-state index contributed by atoms with van der Waals surface area (Å²) in [5.41, 5.74) is 4.80. The highest BCUT2D eigenvalue weighted by Gasteiger charge is 2.16. The second-order valence-electron chi connectivity index (χ2n) is 7.81. The lowest BCUT2D eigenvalue weighted by Gasteiger charge is -2.17. The van der Waals surface area contributed by atoms with Crippen LogP contribution in [0.25, 0.3) is 0 Å². The van der Waals surface area contributed by atoms with E-state index in [1.807, 2.05) is 68.4 Å². The summed E-state index contributed by atoms with van der Waals surface area (Å²) in [5.74, 6) is 1.54. The second kappa shape index (κ2) is 8.95. The molecule has 30 heavy (non-hydrogen) atoms. The normalized spacial score (nSPS) is 13.3. The largest absolute Gasteiger partial charge is 0.341 e. The molecule has 1 saturated heterocycles. The van der Waals surface area contributed by atoms with Gasteiger partial charge in [0.1, 0.15) is 5.82 Å². The van der Waals surface area contributed by atoms with Gasteiger partial charge in [-0.3, -0.25) is 4.79 Å². The number of hydrogen-bond donors (Lipinski definition) is 2. The first kappa shape index (κ1) is 19.9. The minimum absolute atomic E-state index is 0.0250. The van der Waals surface area contributed by atoms with Crippen LogP contribution in [0.3, 0.4) is 0 Å². The standard InChI is InChI=1S/C24H27N5O/c1-17-6-5-7-19(14-17)16-23(30)27-21-10-8-20(9-11-21)26-22-15-18(2)25-24(28-22)29-12-3-4-13-29/h5-11,14-15H,3-4,12-13,16H2,1-2H3,(H,27,30)(H,25,26,28). The number of anilines is 4. The first-order valence-corrected chi connectivity index (χ1v) is 10.4. The monoisotopic (exact) mass is 401 g/mol. The number of carbonyl (C=O) groups is 1. The molecule has 0 aliphatic carbocycles. The third-order valence-electron chi connectivity index (χ3n) is 5.12. The number of amides is 1. The number of aryl methyl sites for hydroxylation is 2. The van der Waals surface area contributed by atoms with Crippen molar-refractivity contribution in [2.24, 2.45) is 0 Å². The Morgan fingerprint density at radius 2 is 1.70 bits per heavy atom. The molecule has 2 N–H and O–H groups in total. The van der Waals surface area contributed by atoms with Crippen molar-refractivity contribution in [3.05, 3.63) is 71.4 Å². The van der Waals surface area contributed by atoms with Crippen molar-refractivity contribution >= 4 is 29.0 Å². The molecule has 0 saturated carbocycles. The van der Waals surface area contributed by atoms with Gasteiger partial charge in [-0.25, -0.2) is 4.98 Å². The van der Waals surface area contributed by atoms with Gasteiger partial charge >= 0.3 is 0 Å². The third-order valence-corrected chi connectivity index (χ3v) is 5.12. The first-order valence-electron chi connectivity index (χ1n) is 10.4. The Hall–Kier alpha value is -3.41. The maximum absolute atomic E-state index is 12.3. The van der Waals surface area contributed by atoms with Gasteiger partial charge in [-0.05, 0) is 56.5 Å². The molecule has 6 heteroatoms. The summed E-state index contributed by atoms with van der Waals surface area (Å²) < 4.78 is 0. The van der Waals surface area contributed by atoms with Gasteiger partial charge in [0, 0.05) is 36.2 Å². The number of rotatable bonds is 6. The fraction of sp³-hybridized carbons (Fsp3) is 0.292. The molecule has 0 bridgehead atoms. The Morgan fingerprint density at radius 3 is 2.43 bits per heavy atom. The Balaban J connectivity index is 1.38. The zero-order valence-corrected chi connectivity index (χ0v) is 17.5. The molecular formula is C24H27N5O. The van der Waals surface area contributed by atoms with Gasteiger partial charge in [0.05, 0.1) is 6.42 Å². The summed E-state index contributed by atoms with van der Waals surface area (Å²) in [5, 5.41) is 6.30. The average Bonchev–Trinajstić information content (AvgIpc) is 3.24. The van der Waals surface area contributed by atoms with E-state index in [0.717, 1.165) is 53.1 Å². The van der Waals surface area contributed by atoms with E-state index in [2.05, 4.69) is 25.5 Å². The van der Waals surface area contributed by atoms with Gasteiger partial charge in [0.15, 0.2) is 0 Å². The quantitative estimate of drug-likeness (QED) is 0.631. The molecule has 0 spiro atoms. The molecule has 6 nitrogen and oxygen atoms in total. The Labute approximate surface area is 177 Å². The Bertz CT molecular complexity index is 1030. The van der Waals surface area contributed by atoms with Gasteiger partial charge in [0.25, 0.3) is 0 Å². The molecule has 0 radical (unpaired) electrons. The summed E-state index contributed by atoms with van der Waals surface area (Å²) in [6, 6.07) is 17.6. The lowest BCUT2D eigenvalue weighted by molar-refractivity contribution is -0.115. The van der Waals surface area contributed by atoms with E-state index >= 15 is 0 Å². The maximum atomic E-state index is 12.3. The van der Waals surface area contributed by atoms with Crippen molar-refractivity contribution in [2.45, 2.75) is 33.1 Å². The van der Waals surface area contributed by atoms with Crippen molar-refractivity contribution in [3.8, 4) is 0 Å². The zero-order valence-electron chi connectivity index (χ0n) is 17.5. The third kappa shape index (κ3) is 5.14. The fourth-order valence-corrected chi connectivity index (χ4v) is 3.67. The average molecular weight is 402 g/mol. The lowest BCUT2D eigenvalue weighted by Crippen LogP contribution is -2.21. The number of nitrogens with zero attached hydrogens (tertiary/aromatic N) is 3. The van der Waals surface area contributed by atoms with E-state index in [4.69, 9.17) is 0 Å². The van der Waals surface area contributed by atoms with Crippen LogP contribution in [-0.2, 0) is 11.2 Å². The van der Waals surface area contributed by atoms with Crippen molar-refractivity contribution in [1.29, 1.82) is 0 Å². The summed E-state index contributed by atoms with van der Waals surface area (Å²) in [4.78, 5) is 23.8. The first-order chi connectivity index (χ1) is 14.5. The van der Waals surface area contributed by atoms with E-state index in [0.29, 0.717) is 6.42 Å². The van der Waals surface area contributed by atoms with Crippen LogP contribution in [0.4, 0.5) is 23.1 Å². The summed E-state index contributed by atoms with van der Waals surface area (Å²) in [7, 11) is 0. The van der Waals surface area contributed by atoms with E-state index in [-0.39, 0.29) is 5.91 Å². The molecule has 1 aliphatic heterocycles. The molecule has 3 aromatic rings. The van der Waals surface area contributed by atoms with Crippen molar-refractivity contribution in [1.82, 2.24) is 9.97 Å². The van der Waals surface area contributed by atoms with Gasteiger partial charge < -0.3 is 15.5 Å². The van der Waals surface area contributed by atoms with E-state index < -0.39 is 0 Å². The van der Waals surface area contributed by atoms with Crippen LogP contribution >= 0.6 is 0 Å². The Morgan fingerprint density at radius 1 is 0.967 bits per heavy atom.